The Balaban J connectivity index is 1.75. The van der Waals surface area contributed by atoms with Crippen LogP contribution in [0.1, 0.15) is 17.5 Å². The molecular weight excluding hydrogens is 309 g/mol. The molecule has 0 fully saturated rings. The molecule has 1 aliphatic heterocycles. The average molecular weight is 322 g/mol. The number of nitrogens with one attached hydrogen (secondary N) is 1. The average Bonchev–Trinajstić information content (AvgIpc) is 2.48. The lowest BCUT2D eigenvalue weighted by Crippen LogP contribution is -2.18. The third kappa shape index (κ3) is 3.14. The van der Waals surface area contributed by atoms with Gasteiger partial charge in [0, 0.05) is 23.7 Å². The summed E-state index contributed by atoms with van der Waals surface area (Å²) in [7, 11) is 0. The van der Waals surface area contributed by atoms with E-state index in [9.17, 15) is 4.79 Å². The van der Waals surface area contributed by atoms with Crippen molar-refractivity contribution in [2.24, 2.45) is 0 Å². The van der Waals surface area contributed by atoms with Gasteiger partial charge in [0.2, 0.25) is 5.91 Å². The Morgan fingerprint density at radius 3 is 2.86 bits per heavy atom. The van der Waals surface area contributed by atoms with Gasteiger partial charge in [-0.25, -0.2) is 0 Å². The number of aryl methyl sites for hydroxylation is 1. The Morgan fingerprint density at radius 1 is 1.14 bits per heavy atom. The van der Waals surface area contributed by atoms with Gasteiger partial charge in [0.1, 0.15) is 12.4 Å². The molecule has 1 N–H and O–H groups in total. The summed E-state index contributed by atoms with van der Waals surface area (Å²) in [4.78, 5) is 11.4. The van der Waals surface area contributed by atoms with Crippen LogP contribution < -0.4 is 10.1 Å². The summed E-state index contributed by atoms with van der Waals surface area (Å²) in [6.45, 7) is 0.326. The molecule has 108 valence electrons. The van der Waals surface area contributed by atoms with Crippen molar-refractivity contribution in [2.45, 2.75) is 19.4 Å². The normalized spacial score (nSPS) is 13.5. The van der Waals surface area contributed by atoms with Crippen molar-refractivity contribution in [3.63, 3.8) is 0 Å². The van der Waals surface area contributed by atoms with Crippen LogP contribution in [-0.2, 0) is 17.8 Å². The molecule has 0 aliphatic carbocycles. The van der Waals surface area contributed by atoms with Gasteiger partial charge in [-0.1, -0.05) is 41.4 Å². The van der Waals surface area contributed by atoms with Gasteiger partial charge in [-0.3, -0.25) is 4.79 Å². The number of hydrogen-bond acceptors (Lipinski definition) is 2. The summed E-state index contributed by atoms with van der Waals surface area (Å²) in [6, 6.07) is 11.2. The molecule has 0 radical (unpaired) electrons. The lowest BCUT2D eigenvalue weighted by molar-refractivity contribution is -0.116. The van der Waals surface area contributed by atoms with Crippen LogP contribution in [0.4, 0.5) is 5.69 Å². The molecule has 3 nitrogen and oxygen atoms in total. The van der Waals surface area contributed by atoms with Crippen LogP contribution in [0.3, 0.4) is 0 Å². The predicted molar refractivity (Wildman–Crippen MR) is 84.2 cm³/mol. The molecule has 0 unspecified atom stereocenters. The van der Waals surface area contributed by atoms with E-state index in [1.165, 1.54) is 0 Å². The Kier molecular flexibility index (Phi) is 4.04. The quantitative estimate of drug-likeness (QED) is 0.906. The van der Waals surface area contributed by atoms with Gasteiger partial charge >= 0.3 is 0 Å². The zero-order valence-corrected chi connectivity index (χ0v) is 12.7. The fourth-order valence-corrected chi connectivity index (χ4v) is 2.64. The molecule has 0 saturated carbocycles. The van der Waals surface area contributed by atoms with Crippen LogP contribution in [0.25, 0.3) is 0 Å². The van der Waals surface area contributed by atoms with Crippen LogP contribution in [0.15, 0.2) is 36.4 Å². The topological polar surface area (TPSA) is 38.3 Å². The van der Waals surface area contributed by atoms with E-state index in [4.69, 9.17) is 27.9 Å². The lowest BCUT2D eigenvalue weighted by atomic mass is 10.0. The van der Waals surface area contributed by atoms with Crippen LogP contribution in [0.2, 0.25) is 10.0 Å². The third-order valence-corrected chi connectivity index (χ3v) is 4.26. The van der Waals surface area contributed by atoms with Crippen LogP contribution >= 0.6 is 23.2 Å². The van der Waals surface area contributed by atoms with E-state index >= 15 is 0 Å². The molecule has 21 heavy (non-hydrogen) atoms. The molecule has 5 heteroatoms. The summed E-state index contributed by atoms with van der Waals surface area (Å²) in [5.74, 6) is 0.726. The van der Waals surface area contributed by atoms with E-state index in [-0.39, 0.29) is 5.91 Å². The van der Waals surface area contributed by atoms with E-state index in [0.29, 0.717) is 28.8 Å². The summed E-state index contributed by atoms with van der Waals surface area (Å²) >= 11 is 12.1. The van der Waals surface area contributed by atoms with Gasteiger partial charge in [0.05, 0.1) is 10.0 Å². The molecule has 0 aromatic heterocycles. The number of halogens is 2. The van der Waals surface area contributed by atoms with Crippen molar-refractivity contribution in [3.05, 3.63) is 57.6 Å². The molecule has 1 amide bonds. The number of carbonyl (C=O) groups excluding carboxylic acids is 1. The predicted octanol–water partition coefficient (Wildman–Crippen LogP) is 4.46. The Hall–Kier alpha value is -1.71. The molecule has 2 aromatic carbocycles. The fourth-order valence-electron chi connectivity index (χ4n) is 2.26. The second-order valence-electron chi connectivity index (χ2n) is 4.87. The van der Waals surface area contributed by atoms with Gasteiger partial charge in [0.25, 0.3) is 0 Å². The highest BCUT2D eigenvalue weighted by Gasteiger charge is 2.15. The van der Waals surface area contributed by atoms with Crippen molar-refractivity contribution in [1.82, 2.24) is 0 Å². The van der Waals surface area contributed by atoms with Crippen LogP contribution in [0.5, 0.6) is 5.75 Å². The van der Waals surface area contributed by atoms with E-state index in [2.05, 4.69) is 5.32 Å². The van der Waals surface area contributed by atoms with E-state index < -0.39 is 0 Å². The smallest absolute Gasteiger partial charge is 0.224 e. The minimum Gasteiger partial charge on any atom is -0.489 e. The number of anilines is 1. The van der Waals surface area contributed by atoms with E-state index in [1.807, 2.05) is 30.3 Å². The molecular formula is C16H13Cl2NO2. The van der Waals surface area contributed by atoms with Crippen LogP contribution in [-0.4, -0.2) is 5.91 Å². The van der Waals surface area contributed by atoms with E-state index in [1.54, 1.807) is 6.07 Å². The van der Waals surface area contributed by atoms with Gasteiger partial charge in [-0.05, 0) is 24.1 Å². The number of fused-ring (bicyclic) bond motifs is 1. The van der Waals surface area contributed by atoms with Gasteiger partial charge in [-0.15, -0.1) is 0 Å². The van der Waals surface area contributed by atoms with Crippen LogP contribution in [0, 0.1) is 0 Å². The maximum atomic E-state index is 11.4. The number of rotatable bonds is 3. The van der Waals surface area contributed by atoms with Gasteiger partial charge in [-0.2, -0.15) is 0 Å². The highest BCUT2D eigenvalue weighted by Crippen LogP contribution is 2.29. The minimum atomic E-state index is 0.0394. The molecule has 1 aliphatic rings. The van der Waals surface area contributed by atoms with Gasteiger partial charge < -0.3 is 10.1 Å². The molecule has 0 atom stereocenters. The Morgan fingerprint density at radius 2 is 2.00 bits per heavy atom. The maximum absolute atomic E-state index is 11.4. The number of hydrogen-bond donors (Lipinski definition) is 1. The number of ether oxygens (including phenoxy) is 1. The number of benzene rings is 2. The van der Waals surface area contributed by atoms with Gasteiger partial charge in [0.15, 0.2) is 0 Å². The summed E-state index contributed by atoms with van der Waals surface area (Å²) < 4.78 is 5.73. The van der Waals surface area contributed by atoms with Crippen molar-refractivity contribution in [2.75, 3.05) is 5.32 Å². The van der Waals surface area contributed by atoms with Crippen molar-refractivity contribution in [3.8, 4) is 5.75 Å². The van der Waals surface area contributed by atoms with Crippen molar-refractivity contribution < 1.29 is 9.53 Å². The van der Waals surface area contributed by atoms with Crippen molar-refractivity contribution >= 4 is 34.8 Å². The maximum Gasteiger partial charge on any atom is 0.224 e. The first-order valence-electron chi connectivity index (χ1n) is 6.62. The highest BCUT2D eigenvalue weighted by atomic mass is 35.5. The lowest BCUT2D eigenvalue weighted by Gasteiger charge is -2.18. The Labute approximate surface area is 132 Å². The number of amides is 1. The van der Waals surface area contributed by atoms with E-state index in [0.717, 1.165) is 23.2 Å². The monoisotopic (exact) mass is 321 g/mol. The second-order valence-corrected chi connectivity index (χ2v) is 5.65. The highest BCUT2D eigenvalue weighted by molar-refractivity contribution is 6.42. The fraction of sp³-hybridized carbons (Fsp3) is 0.188. The molecule has 1 heterocycles. The first-order chi connectivity index (χ1) is 10.1. The summed E-state index contributed by atoms with van der Waals surface area (Å²) in [5, 5.41) is 3.87. The zero-order valence-electron chi connectivity index (χ0n) is 11.2. The molecule has 0 saturated heterocycles. The first kappa shape index (κ1) is 14.2. The zero-order chi connectivity index (χ0) is 14.8. The SMILES string of the molecule is O=C1CCc2ccc(OCc3cccc(Cl)c3Cl)cc2N1. The summed E-state index contributed by atoms with van der Waals surface area (Å²) in [6.07, 6.45) is 1.30. The molecule has 2 aromatic rings. The molecule has 3 rings (SSSR count). The standard InChI is InChI=1S/C16H13Cl2NO2/c17-13-3-1-2-11(16(13)18)9-21-12-6-4-10-5-7-15(20)19-14(10)8-12/h1-4,6,8H,5,7,9H2,(H,19,20). The summed E-state index contributed by atoms with van der Waals surface area (Å²) in [5.41, 5.74) is 2.77. The molecule has 0 spiro atoms. The second kappa shape index (κ2) is 5.96. The third-order valence-electron chi connectivity index (χ3n) is 3.40. The Bertz CT molecular complexity index is 701. The first-order valence-corrected chi connectivity index (χ1v) is 7.37. The number of carbonyl (C=O) groups is 1. The minimum absolute atomic E-state index is 0.0394. The van der Waals surface area contributed by atoms with Crippen molar-refractivity contribution in [1.29, 1.82) is 0 Å². The largest absolute Gasteiger partial charge is 0.489 e. The molecule has 0 bridgehead atoms.